The van der Waals surface area contributed by atoms with E-state index in [-0.39, 0.29) is 23.7 Å². The van der Waals surface area contributed by atoms with Crippen LogP contribution in [0, 0.1) is 5.41 Å². The van der Waals surface area contributed by atoms with Crippen LogP contribution in [0.25, 0.3) is 6.08 Å². The summed E-state index contributed by atoms with van der Waals surface area (Å²) in [7, 11) is 1.35. The van der Waals surface area contributed by atoms with Gasteiger partial charge in [-0.1, -0.05) is 39.0 Å². The summed E-state index contributed by atoms with van der Waals surface area (Å²) >= 11 is 0. The van der Waals surface area contributed by atoms with Crippen molar-refractivity contribution in [2.24, 2.45) is 5.41 Å². The molecule has 1 aliphatic rings. The van der Waals surface area contributed by atoms with Crippen LogP contribution in [0.3, 0.4) is 0 Å². The summed E-state index contributed by atoms with van der Waals surface area (Å²) in [4.78, 5) is 0. The second-order valence-corrected chi connectivity index (χ2v) is 8.21. The molecule has 0 bridgehead atoms. The highest BCUT2D eigenvalue weighted by Crippen LogP contribution is 2.42. The maximum atomic E-state index is 6.25. The van der Waals surface area contributed by atoms with E-state index in [1.807, 2.05) is 12.1 Å². The quantitative estimate of drug-likeness (QED) is 0.753. The lowest BCUT2D eigenvalue weighted by molar-refractivity contribution is 0.00578. The molecule has 1 aliphatic heterocycles. The molecule has 4 heteroatoms. The van der Waals surface area contributed by atoms with Gasteiger partial charge in [0, 0.05) is 0 Å². The lowest BCUT2D eigenvalue weighted by Gasteiger charge is -2.32. The predicted molar refractivity (Wildman–Crippen MR) is 96.5 cm³/mol. The topological polar surface area (TPSA) is 27.7 Å². The van der Waals surface area contributed by atoms with E-state index in [1.54, 1.807) is 7.11 Å². The molecule has 0 unspecified atom stereocenters. The second kappa shape index (κ2) is 5.99. The van der Waals surface area contributed by atoms with E-state index < -0.39 is 0 Å². The molecule has 3 nitrogen and oxygen atoms in total. The van der Waals surface area contributed by atoms with Crippen molar-refractivity contribution in [1.29, 1.82) is 0 Å². The third-order valence-electron chi connectivity index (χ3n) is 4.81. The van der Waals surface area contributed by atoms with Crippen molar-refractivity contribution >= 4 is 13.2 Å². The van der Waals surface area contributed by atoms with Crippen molar-refractivity contribution in [3.05, 3.63) is 35.3 Å². The Hall–Kier alpha value is -1.26. The minimum atomic E-state index is -0.331. The normalized spacial score (nSPS) is 20.7. The molecule has 0 aliphatic carbocycles. The van der Waals surface area contributed by atoms with E-state index in [9.17, 15) is 0 Å². The molecule has 0 atom stereocenters. The molecule has 1 fully saturated rings. The maximum Gasteiger partial charge on any atom is 0.491 e. The van der Waals surface area contributed by atoms with Gasteiger partial charge >= 0.3 is 7.12 Å². The van der Waals surface area contributed by atoms with Crippen LogP contribution in [0.4, 0.5) is 0 Å². The average Bonchev–Trinajstić information content (AvgIpc) is 2.63. The van der Waals surface area contributed by atoms with Gasteiger partial charge in [0.05, 0.1) is 18.3 Å². The minimum Gasteiger partial charge on any atom is -0.497 e. The summed E-state index contributed by atoms with van der Waals surface area (Å²) in [6, 6.07) is 8.04. The van der Waals surface area contributed by atoms with Gasteiger partial charge in [0.15, 0.2) is 0 Å². The van der Waals surface area contributed by atoms with Crippen molar-refractivity contribution in [3.63, 3.8) is 0 Å². The molecule has 126 valence electrons. The Labute approximate surface area is 141 Å². The van der Waals surface area contributed by atoms with Crippen LogP contribution < -0.4 is 4.74 Å². The summed E-state index contributed by atoms with van der Waals surface area (Å²) in [5.41, 5.74) is 1.54. The van der Waals surface area contributed by atoms with Gasteiger partial charge < -0.3 is 14.0 Å². The average molecular weight is 316 g/mol. The number of allylic oxidation sites excluding steroid dienone is 1. The first-order valence-corrected chi connectivity index (χ1v) is 8.18. The standard InChI is InChI=1S/C19H29BO3/c1-17(2,3)16(13-14-9-11-15(21-8)12-10-14)20-22-18(4,5)19(6,7)23-20/h9-13H,1-8H3/b16-13+. The van der Waals surface area contributed by atoms with Crippen molar-refractivity contribution in [2.75, 3.05) is 7.11 Å². The van der Waals surface area contributed by atoms with Gasteiger partial charge in [-0.15, -0.1) is 0 Å². The molecule has 1 aromatic carbocycles. The fourth-order valence-electron chi connectivity index (χ4n) is 2.49. The third kappa shape index (κ3) is 3.81. The first-order valence-electron chi connectivity index (χ1n) is 8.18. The van der Waals surface area contributed by atoms with E-state index in [0.29, 0.717) is 0 Å². The molecule has 0 spiro atoms. The number of methoxy groups -OCH3 is 1. The largest absolute Gasteiger partial charge is 0.497 e. The summed E-state index contributed by atoms with van der Waals surface area (Å²) in [5.74, 6) is 0.857. The van der Waals surface area contributed by atoms with Crippen LogP contribution in [-0.2, 0) is 9.31 Å². The predicted octanol–water partition coefficient (Wildman–Crippen LogP) is 4.76. The van der Waals surface area contributed by atoms with Crippen LogP contribution in [0.5, 0.6) is 5.75 Å². The lowest BCUT2D eigenvalue weighted by Crippen LogP contribution is -2.41. The SMILES string of the molecule is COc1ccc(/C=C(/B2OC(C)(C)C(C)(C)O2)C(C)(C)C)cc1. The zero-order valence-corrected chi connectivity index (χ0v) is 15.7. The molecule has 0 aromatic heterocycles. The first-order chi connectivity index (χ1) is 10.5. The molecule has 0 N–H and O–H groups in total. The first kappa shape index (κ1) is 18.1. The molecular formula is C19H29BO3. The number of hydrogen-bond donors (Lipinski definition) is 0. The fraction of sp³-hybridized carbons (Fsp3) is 0.579. The van der Waals surface area contributed by atoms with Gasteiger partial charge in [0.1, 0.15) is 5.75 Å². The van der Waals surface area contributed by atoms with Gasteiger partial charge in [-0.25, -0.2) is 0 Å². The highest BCUT2D eigenvalue weighted by Gasteiger charge is 2.53. The monoisotopic (exact) mass is 316 g/mol. The number of hydrogen-bond acceptors (Lipinski definition) is 3. The highest BCUT2D eigenvalue weighted by molar-refractivity contribution is 6.56. The minimum absolute atomic E-state index is 0.0545. The highest BCUT2D eigenvalue weighted by atomic mass is 16.7. The smallest absolute Gasteiger partial charge is 0.491 e. The van der Waals surface area contributed by atoms with Crippen molar-refractivity contribution in [3.8, 4) is 5.75 Å². The van der Waals surface area contributed by atoms with Crippen molar-refractivity contribution in [1.82, 2.24) is 0 Å². The number of benzene rings is 1. The van der Waals surface area contributed by atoms with Crippen LogP contribution >= 0.6 is 0 Å². The van der Waals surface area contributed by atoms with E-state index >= 15 is 0 Å². The Morgan fingerprint density at radius 1 is 1.00 bits per heavy atom. The summed E-state index contributed by atoms with van der Waals surface area (Å²) in [5, 5.41) is 0. The van der Waals surface area contributed by atoms with Crippen molar-refractivity contribution in [2.45, 2.75) is 59.7 Å². The van der Waals surface area contributed by atoms with E-state index in [2.05, 4.69) is 66.7 Å². The van der Waals surface area contributed by atoms with Crippen molar-refractivity contribution < 1.29 is 14.0 Å². The molecule has 23 heavy (non-hydrogen) atoms. The Bertz CT molecular complexity index is 564. The number of ether oxygens (including phenoxy) is 1. The van der Waals surface area contributed by atoms with Gasteiger partial charge in [-0.2, -0.15) is 0 Å². The summed E-state index contributed by atoms with van der Waals surface area (Å²) in [6.07, 6.45) is 2.17. The second-order valence-electron chi connectivity index (χ2n) is 8.21. The third-order valence-corrected chi connectivity index (χ3v) is 4.81. The zero-order chi connectivity index (χ0) is 17.5. The fourth-order valence-corrected chi connectivity index (χ4v) is 2.49. The Morgan fingerprint density at radius 3 is 1.87 bits per heavy atom. The van der Waals surface area contributed by atoms with E-state index in [4.69, 9.17) is 14.0 Å². The Kier molecular flexibility index (Phi) is 4.71. The zero-order valence-electron chi connectivity index (χ0n) is 15.7. The molecule has 0 radical (unpaired) electrons. The Morgan fingerprint density at radius 2 is 1.48 bits per heavy atom. The van der Waals surface area contributed by atoms with Crippen LogP contribution in [0.2, 0.25) is 0 Å². The van der Waals surface area contributed by atoms with Gasteiger partial charge in [0.25, 0.3) is 0 Å². The molecule has 0 saturated carbocycles. The number of rotatable bonds is 3. The van der Waals surface area contributed by atoms with Gasteiger partial charge in [0.2, 0.25) is 0 Å². The lowest BCUT2D eigenvalue weighted by atomic mass is 9.64. The Balaban J connectivity index is 2.37. The summed E-state index contributed by atoms with van der Waals surface area (Å²) < 4.78 is 17.7. The molecule has 1 aromatic rings. The van der Waals surface area contributed by atoms with Crippen LogP contribution in [0.15, 0.2) is 29.7 Å². The summed E-state index contributed by atoms with van der Waals surface area (Å²) in [6.45, 7) is 14.9. The molecular weight excluding hydrogens is 287 g/mol. The van der Waals surface area contributed by atoms with Gasteiger partial charge in [-0.3, -0.25) is 0 Å². The molecule has 2 rings (SSSR count). The molecule has 1 heterocycles. The van der Waals surface area contributed by atoms with Crippen LogP contribution in [0.1, 0.15) is 54.0 Å². The maximum absolute atomic E-state index is 6.25. The van der Waals surface area contributed by atoms with Crippen LogP contribution in [-0.4, -0.2) is 25.4 Å². The van der Waals surface area contributed by atoms with Gasteiger partial charge in [-0.05, 0) is 56.3 Å². The van der Waals surface area contributed by atoms with E-state index in [0.717, 1.165) is 16.8 Å². The molecule has 1 saturated heterocycles. The van der Waals surface area contributed by atoms with E-state index in [1.165, 1.54) is 0 Å². The molecule has 0 amide bonds.